The van der Waals surface area contributed by atoms with Crippen molar-refractivity contribution < 1.29 is 22.3 Å². The Bertz CT molecular complexity index is 593. The third-order valence-electron chi connectivity index (χ3n) is 2.58. The van der Waals surface area contributed by atoms with Crippen LogP contribution in [0.5, 0.6) is 5.75 Å². The average Bonchev–Trinajstić information content (AvgIpc) is 2.39. The van der Waals surface area contributed by atoms with Gasteiger partial charge in [-0.05, 0) is 35.4 Å². The SMILES string of the molecule is Fc1ccc(CBr)cc1-c1ccc(OC(F)(F)F)cc1. The minimum absolute atomic E-state index is 0.334. The third-order valence-corrected chi connectivity index (χ3v) is 3.23. The van der Waals surface area contributed by atoms with E-state index >= 15 is 0 Å². The molecule has 0 unspecified atom stereocenters. The van der Waals surface area contributed by atoms with Gasteiger partial charge < -0.3 is 4.74 Å². The minimum Gasteiger partial charge on any atom is -0.406 e. The molecule has 2 aromatic carbocycles. The molecule has 0 N–H and O–H groups in total. The second-order valence-electron chi connectivity index (χ2n) is 4.02. The first-order valence-electron chi connectivity index (χ1n) is 5.59. The summed E-state index contributed by atoms with van der Waals surface area (Å²) >= 11 is 3.27. The molecule has 0 atom stereocenters. The first-order chi connectivity index (χ1) is 9.39. The maximum atomic E-state index is 13.7. The van der Waals surface area contributed by atoms with Crippen LogP contribution in [0.2, 0.25) is 0 Å². The smallest absolute Gasteiger partial charge is 0.406 e. The van der Waals surface area contributed by atoms with Crippen LogP contribution in [-0.4, -0.2) is 6.36 Å². The lowest BCUT2D eigenvalue weighted by atomic mass is 10.0. The van der Waals surface area contributed by atoms with Crippen molar-refractivity contribution in [2.45, 2.75) is 11.7 Å². The van der Waals surface area contributed by atoms with Crippen LogP contribution in [0.1, 0.15) is 5.56 Å². The molecule has 0 fully saturated rings. The van der Waals surface area contributed by atoms with E-state index in [0.29, 0.717) is 16.5 Å². The number of rotatable bonds is 3. The van der Waals surface area contributed by atoms with Crippen LogP contribution in [-0.2, 0) is 5.33 Å². The van der Waals surface area contributed by atoms with Crippen molar-refractivity contribution in [2.24, 2.45) is 0 Å². The molecule has 20 heavy (non-hydrogen) atoms. The van der Waals surface area contributed by atoms with Gasteiger partial charge in [0, 0.05) is 10.9 Å². The molecule has 0 saturated heterocycles. The fourth-order valence-corrected chi connectivity index (χ4v) is 2.06. The maximum Gasteiger partial charge on any atom is 0.573 e. The van der Waals surface area contributed by atoms with Crippen molar-refractivity contribution >= 4 is 15.9 Å². The van der Waals surface area contributed by atoms with Gasteiger partial charge in [-0.25, -0.2) is 4.39 Å². The van der Waals surface area contributed by atoms with Crippen molar-refractivity contribution in [2.75, 3.05) is 0 Å². The van der Waals surface area contributed by atoms with Crippen LogP contribution >= 0.6 is 15.9 Å². The van der Waals surface area contributed by atoms with Gasteiger partial charge in [-0.1, -0.05) is 34.1 Å². The van der Waals surface area contributed by atoms with Crippen molar-refractivity contribution in [3.63, 3.8) is 0 Å². The summed E-state index contributed by atoms with van der Waals surface area (Å²) in [6, 6.07) is 9.69. The molecule has 2 rings (SSSR count). The highest BCUT2D eigenvalue weighted by Gasteiger charge is 2.30. The molecular weight excluding hydrogens is 340 g/mol. The highest BCUT2D eigenvalue weighted by Crippen LogP contribution is 2.28. The van der Waals surface area contributed by atoms with E-state index in [1.54, 1.807) is 12.1 Å². The number of hydrogen-bond acceptors (Lipinski definition) is 1. The summed E-state index contributed by atoms with van der Waals surface area (Å²) < 4.78 is 53.6. The van der Waals surface area contributed by atoms with Gasteiger partial charge in [-0.2, -0.15) is 0 Å². The van der Waals surface area contributed by atoms with E-state index in [9.17, 15) is 17.6 Å². The van der Waals surface area contributed by atoms with Gasteiger partial charge >= 0.3 is 6.36 Å². The number of alkyl halides is 4. The molecule has 106 valence electrons. The number of halogens is 5. The zero-order valence-corrected chi connectivity index (χ0v) is 11.6. The molecule has 0 spiro atoms. The summed E-state index contributed by atoms with van der Waals surface area (Å²) in [5, 5.41) is 0.565. The lowest BCUT2D eigenvalue weighted by molar-refractivity contribution is -0.274. The van der Waals surface area contributed by atoms with Crippen molar-refractivity contribution in [1.82, 2.24) is 0 Å². The molecule has 0 aromatic heterocycles. The monoisotopic (exact) mass is 348 g/mol. The van der Waals surface area contributed by atoms with E-state index in [1.165, 1.54) is 18.2 Å². The second kappa shape index (κ2) is 5.83. The predicted molar refractivity (Wildman–Crippen MR) is 71.2 cm³/mol. The fraction of sp³-hybridized carbons (Fsp3) is 0.143. The van der Waals surface area contributed by atoms with E-state index in [-0.39, 0.29) is 5.75 Å². The third kappa shape index (κ3) is 3.72. The Morgan fingerprint density at radius 3 is 2.20 bits per heavy atom. The molecule has 0 amide bonds. The highest BCUT2D eigenvalue weighted by atomic mass is 79.9. The Labute approximate surface area is 121 Å². The number of benzene rings is 2. The van der Waals surface area contributed by atoms with Gasteiger partial charge in [0.1, 0.15) is 11.6 Å². The molecule has 0 radical (unpaired) electrons. The Hall–Kier alpha value is -1.56. The van der Waals surface area contributed by atoms with E-state index in [2.05, 4.69) is 20.7 Å². The Morgan fingerprint density at radius 2 is 1.65 bits per heavy atom. The lowest BCUT2D eigenvalue weighted by Crippen LogP contribution is -2.16. The molecule has 2 aromatic rings. The first kappa shape index (κ1) is 14.8. The van der Waals surface area contributed by atoms with Crippen molar-refractivity contribution in [3.05, 3.63) is 53.8 Å². The van der Waals surface area contributed by atoms with Crippen molar-refractivity contribution in [1.29, 1.82) is 0 Å². The zero-order chi connectivity index (χ0) is 14.8. The van der Waals surface area contributed by atoms with E-state index < -0.39 is 12.2 Å². The summed E-state index contributed by atoms with van der Waals surface area (Å²) in [5.74, 6) is -0.766. The number of hydrogen-bond donors (Lipinski definition) is 0. The topological polar surface area (TPSA) is 9.23 Å². The molecule has 1 nitrogen and oxygen atoms in total. The van der Waals surface area contributed by atoms with Crippen molar-refractivity contribution in [3.8, 4) is 16.9 Å². The van der Waals surface area contributed by atoms with Crippen LogP contribution < -0.4 is 4.74 Å². The van der Waals surface area contributed by atoms with E-state index in [4.69, 9.17) is 0 Å². The zero-order valence-electron chi connectivity index (χ0n) is 10.0. The molecule has 0 bridgehead atoms. The Morgan fingerprint density at radius 1 is 1.00 bits per heavy atom. The van der Waals surface area contributed by atoms with Crippen LogP contribution in [0.25, 0.3) is 11.1 Å². The van der Waals surface area contributed by atoms with Gasteiger partial charge in [-0.3, -0.25) is 0 Å². The molecule has 0 saturated carbocycles. The molecule has 0 aliphatic carbocycles. The second-order valence-corrected chi connectivity index (χ2v) is 4.58. The van der Waals surface area contributed by atoms with Crippen LogP contribution in [0.4, 0.5) is 17.6 Å². The van der Waals surface area contributed by atoms with Gasteiger partial charge in [0.25, 0.3) is 0 Å². The van der Waals surface area contributed by atoms with E-state index in [0.717, 1.165) is 17.7 Å². The predicted octanol–water partition coefficient (Wildman–Crippen LogP) is 5.29. The molecule has 0 aliphatic rings. The molecule has 0 aliphatic heterocycles. The highest BCUT2D eigenvalue weighted by molar-refractivity contribution is 9.08. The maximum absolute atomic E-state index is 13.7. The van der Waals surface area contributed by atoms with Crippen LogP contribution in [0.3, 0.4) is 0 Å². The summed E-state index contributed by atoms with van der Waals surface area (Å²) in [6.07, 6.45) is -4.73. The fourth-order valence-electron chi connectivity index (χ4n) is 1.71. The van der Waals surface area contributed by atoms with Gasteiger partial charge in [0.2, 0.25) is 0 Å². The van der Waals surface area contributed by atoms with Crippen LogP contribution in [0.15, 0.2) is 42.5 Å². The first-order valence-corrected chi connectivity index (χ1v) is 6.72. The van der Waals surface area contributed by atoms with Gasteiger partial charge in [0.15, 0.2) is 0 Å². The Balaban J connectivity index is 2.30. The summed E-state index contributed by atoms with van der Waals surface area (Å²) in [6.45, 7) is 0. The summed E-state index contributed by atoms with van der Waals surface area (Å²) in [5.41, 5.74) is 1.69. The average molecular weight is 349 g/mol. The standard InChI is InChI=1S/C14H9BrF4O/c15-8-9-1-6-13(16)12(7-9)10-2-4-11(5-3-10)20-14(17,18)19/h1-7H,8H2. The lowest BCUT2D eigenvalue weighted by Gasteiger charge is -2.10. The Kier molecular flexibility index (Phi) is 4.32. The van der Waals surface area contributed by atoms with E-state index in [1.807, 2.05) is 0 Å². The summed E-state index contributed by atoms with van der Waals surface area (Å²) in [7, 11) is 0. The quantitative estimate of drug-likeness (QED) is 0.541. The molecular formula is C14H9BrF4O. The minimum atomic E-state index is -4.73. The van der Waals surface area contributed by atoms with Gasteiger partial charge in [0.05, 0.1) is 0 Å². The normalized spacial score (nSPS) is 11.4. The molecule has 0 heterocycles. The van der Waals surface area contributed by atoms with Gasteiger partial charge in [-0.15, -0.1) is 13.2 Å². The molecule has 6 heteroatoms. The number of ether oxygens (including phenoxy) is 1. The largest absolute Gasteiger partial charge is 0.573 e. The van der Waals surface area contributed by atoms with Crippen LogP contribution in [0, 0.1) is 5.82 Å². The summed E-state index contributed by atoms with van der Waals surface area (Å²) in [4.78, 5) is 0.